The van der Waals surface area contributed by atoms with E-state index in [9.17, 15) is 0 Å². The van der Waals surface area contributed by atoms with Crippen LogP contribution in [-0.2, 0) is 0 Å². The van der Waals surface area contributed by atoms with E-state index in [0.29, 0.717) is 5.41 Å². The Morgan fingerprint density at radius 2 is 1.33 bits per heavy atom. The van der Waals surface area contributed by atoms with Gasteiger partial charge in [0, 0.05) is 5.54 Å². The minimum atomic E-state index is 0.0747. The molecule has 0 radical (unpaired) electrons. The topological polar surface area (TPSA) is 26.0 Å². The lowest BCUT2D eigenvalue weighted by Gasteiger charge is -2.45. The summed E-state index contributed by atoms with van der Waals surface area (Å²) in [6, 6.07) is 0. The zero-order valence-electron chi connectivity index (χ0n) is 9.41. The lowest BCUT2D eigenvalue weighted by atomic mass is 9.65. The number of hydrogen-bond donors (Lipinski definition) is 1. The maximum Gasteiger partial charge on any atom is 0.0177 e. The van der Waals surface area contributed by atoms with E-state index in [-0.39, 0.29) is 5.54 Å². The molecule has 1 saturated carbocycles. The lowest BCUT2D eigenvalue weighted by Crippen LogP contribution is -2.51. The molecule has 1 unspecified atom stereocenters. The van der Waals surface area contributed by atoms with Crippen LogP contribution in [0.1, 0.15) is 60.3 Å². The van der Waals surface area contributed by atoms with Crippen molar-refractivity contribution >= 4 is 0 Å². The predicted molar refractivity (Wildman–Crippen MR) is 56.2 cm³/mol. The van der Waals surface area contributed by atoms with Crippen LogP contribution in [0, 0.1) is 5.41 Å². The average Bonchev–Trinajstić information content (AvgIpc) is 2.00. The predicted octanol–water partition coefficient (Wildman–Crippen LogP) is 3.33. The Bertz CT molecular complexity index is 109. The summed E-state index contributed by atoms with van der Waals surface area (Å²) >= 11 is 0. The van der Waals surface area contributed by atoms with Crippen LogP contribution < -0.4 is 5.73 Å². The highest BCUT2D eigenvalue weighted by molar-refractivity contribution is 4.96. The van der Waals surface area contributed by atoms with Gasteiger partial charge < -0.3 is 5.73 Å². The van der Waals surface area contributed by atoms with Crippen molar-refractivity contribution in [3.8, 4) is 0 Å². The van der Waals surface area contributed by atoms with Gasteiger partial charge >= 0.3 is 0 Å². The Balaban J connectivity index is 0.000000561. The molecule has 1 aliphatic rings. The zero-order chi connectivity index (χ0) is 9.83. The van der Waals surface area contributed by atoms with Crippen molar-refractivity contribution in [3.05, 3.63) is 0 Å². The van der Waals surface area contributed by atoms with Crippen molar-refractivity contribution in [3.63, 3.8) is 0 Å². The van der Waals surface area contributed by atoms with Gasteiger partial charge in [-0.1, -0.05) is 40.5 Å². The van der Waals surface area contributed by atoms with Gasteiger partial charge in [-0.3, -0.25) is 0 Å². The molecule has 0 aromatic heterocycles. The summed E-state index contributed by atoms with van der Waals surface area (Å²) in [6.45, 7) is 10.8. The maximum atomic E-state index is 6.16. The molecule has 1 aliphatic carbocycles. The third kappa shape index (κ3) is 2.48. The fraction of sp³-hybridized carbons (Fsp3) is 1.00. The molecular formula is C11H25N. The van der Waals surface area contributed by atoms with Gasteiger partial charge in [0.25, 0.3) is 0 Å². The summed E-state index contributed by atoms with van der Waals surface area (Å²) in [5, 5.41) is 0. The first-order valence-corrected chi connectivity index (χ1v) is 5.25. The Hall–Kier alpha value is -0.0400. The van der Waals surface area contributed by atoms with Crippen LogP contribution in [0.2, 0.25) is 0 Å². The second-order valence-corrected chi connectivity index (χ2v) is 4.51. The molecule has 0 bridgehead atoms. The molecule has 0 aromatic carbocycles. The molecule has 0 amide bonds. The minimum absolute atomic E-state index is 0.0747. The van der Waals surface area contributed by atoms with Crippen molar-refractivity contribution in [2.45, 2.75) is 65.8 Å². The molecule has 1 fully saturated rings. The summed E-state index contributed by atoms with van der Waals surface area (Å²) < 4.78 is 0. The van der Waals surface area contributed by atoms with E-state index >= 15 is 0 Å². The van der Waals surface area contributed by atoms with Crippen LogP contribution in [0.5, 0.6) is 0 Å². The molecule has 1 heteroatoms. The smallest absolute Gasteiger partial charge is 0.0177 e. The fourth-order valence-electron chi connectivity index (χ4n) is 1.68. The van der Waals surface area contributed by atoms with Crippen molar-refractivity contribution in [1.29, 1.82) is 0 Å². The molecule has 0 saturated heterocycles. The highest BCUT2D eigenvalue weighted by Crippen LogP contribution is 2.41. The molecule has 1 nitrogen and oxygen atoms in total. The highest BCUT2D eigenvalue weighted by atomic mass is 14.8. The largest absolute Gasteiger partial charge is 0.325 e. The van der Waals surface area contributed by atoms with Gasteiger partial charge in [0.2, 0.25) is 0 Å². The van der Waals surface area contributed by atoms with E-state index in [1.165, 1.54) is 25.7 Å². The van der Waals surface area contributed by atoms with Crippen LogP contribution >= 0.6 is 0 Å². The molecule has 0 aromatic rings. The first-order chi connectivity index (χ1) is 5.46. The van der Waals surface area contributed by atoms with Crippen molar-refractivity contribution in [1.82, 2.24) is 0 Å². The quantitative estimate of drug-likeness (QED) is 0.594. The second-order valence-electron chi connectivity index (χ2n) is 4.51. The van der Waals surface area contributed by atoms with Crippen molar-refractivity contribution in [2.75, 3.05) is 0 Å². The van der Waals surface area contributed by atoms with Gasteiger partial charge in [-0.25, -0.2) is 0 Å². The van der Waals surface area contributed by atoms with Gasteiger partial charge in [0.15, 0.2) is 0 Å². The first kappa shape index (κ1) is 12.0. The van der Waals surface area contributed by atoms with Gasteiger partial charge in [0.05, 0.1) is 0 Å². The second kappa shape index (κ2) is 4.27. The van der Waals surface area contributed by atoms with E-state index in [1.54, 1.807) is 0 Å². The van der Waals surface area contributed by atoms with Crippen LogP contribution in [0.25, 0.3) is 0 Å². The zero-order valence-corrected chi connectivity index (χ0v) is 9.41. The Kier molecular flexibility index (Phi) is 4.25. The Morgan fingerprint density at radius 1 is 0.917 bits per heavy atom. The monoisotopic (exact) mass is 171 g/mol. The Morgan fingerprint density at radius 3 is 1.58 bits per heavy atom. The molecule has 1 atom stereocenters. The summed E-state index contributed by atoms with van der Waals surface area (Å²) in [5.74, 6) is 0. The van der Waals surface area contributed by atoms with Crippen molar-refractivity contribution < 1.29 is 0 Å². The SMILES string of the molecule is CC.CC1(C)CCCCC1(C)N. The molecule has 74 valence electrons. The summed E-state index contributed by atoms with van der Waals surface area (Å²) in [5.41, 5.74) is 6.58. The van der Waals surface area contributed by atoms with Crippen LogP contribution in [-0.4, -0.2) is 5.54 Å². The number of nitrogens with two attached hydrogens (primary N) is 1. The van der Waals surface area contributed by atoms with Crippen LogP contribution in [0.3, 0.4) is 0 Å². The van der Waals surface area contributed by atoms with E-state index < -0.39 is 0 Å². The maximum absolute atomic E-state index is 6.16. The number of rotatable bonds is 0. The molecule has 0 spiro atoms. The first-order valence-electron chi connectivity index (χ1n) is 5.25. The summed E-state index contributed by atoms with van der Waals surface area (Å²) in [6.07, 6.45) is 5.16. The molecule has 12 heavy (non-hydrogen) atoms. The van der Waals surface area contributed by atoms with Gasteiger partial charge in [-0.2, -0.15) is 0 Å². The molecule has 0 aliphatic heterocycles. The number of hydrogen-bond acceptors (Lipinski definition) is 1. The minimum Gasteiger partial charge on any atom is -0.325 e. The van der Waals surface area contributed by atoms with Gasteiger partial charge in [-0.05, 0) is 25.2 Å². The van der Waals surface area contributed by atoms with E-state index in [4.69, 9.17) is 5.73 Å². The average molecular weight is 171 g/mol. The summed E-state index contributed by atoms with van der Waals surface area (Å²) in [4.78, 5) is 0. The van der Waals surface area contributed by atoms with Crippen LogP contribution in [0.15, 0.2) is 0 Å². The molecule has 2 N–H and O–H groups in total. The van der Waals surface area contributed by atoms with Gasteiger partial charge in [-0.15, -0.1) is 0 Å². The Labute approximate surface area is 77.7 Å². The van der Waals surface area contributed by atoms with E-state index in [1.807, 2.05) is 13.8 Å². The third-order valence-electron chi connectivity index (χ3n) is 3.29. The summed E-state index contributed by atoms with van der Waals surface area (Å²) in [7, 11) is 0. The molecule has 0 heterocycles. The normalized spacial score (nSPS) is 33.5. The van der Waals surface area contributed by atoms with Crippen LogP contribution in [0.4, 0.5) is 0 Å². The highest BCUT2D eigenvalue weighted by Gasteiger charge is 2.39. The van der Waals surface area contributed by atoms with Crippen molar-refractivity contribution in [2.24, 2.45) is 11.1 Å². The van der Waals surface area contributed by atoms with E-state index in [0.717, 1.165) is 0 Å². The fourth-order valence-corrected chi connectivity index (χ4v) is 1.68. The molecule has 1 rings (SSSR count). The van der Waals surface area contributed by atoms with E-state index in [2.05, 4.69) is 20.8 Å². The van der Waals surface area contributed by atoms with Gasteiger partial charge in [0.1, 0.15) is 0 Å². The molecular weight excluding hydrogens is 146 g/mol. The standard InChI is InChI=1S/C9H19N.C2H6/c1-8(2)6-4-5-7-9(8,3)10;1-2/h4-7,10H2,1-3H3;1-2H3. The third-order valence-corrected chi connectivity index (χ3v) is 3.29. The lowest BCUT2D eigenvalue weighted by molar-refractivity contribution is 0.116.